The maximum Gasteiger partial charge on any atom is 0.257 e. The van der Waals surface area contributed by atoms with Gasteiger partial charge in [-0.2, -0.15) is 0 Å². The van der Waals surface area contributed by atoms with E-state index in [1.807, 2.05) is 49.4 Å². The second-order valence-corrected chi connectivity index (χ2v) is 8.14. The van der Waals surface area contributed by atoms with Gasteiger partial charge in [-0.1, -0.05) is 42.5 Å². The number of hydrogen-bond donors (Lipinski definition) is 2. The van der Waals surface area contributed by atoms with Gasteiger partial charge in [-0.3, -0.25) is 19.4 Å². The first-order valence-electron chi connectivity index (χ1n) is 10.9. The lowest BCUT2D eigenvalue weighted by Crippen LogP contribution is -2.33. The summed E-state index contributed by atoms with van der Waals surface area (Å²) in [6.45, 7) is 2.76. The van der Waals surface area contributed by atoms with Crippen LogP contribution in [-0.4, -0.2) is 34.2 Å². The molecular weight excluding hydrogens is 416 g/mol. The summed E-state index contributed by atoms with van der Waals surface area (Å²) >= 11 is 0. The Kier molecular flexibility index (Phi) is 6.78. The summed E-state index contributed by atoms with van der Waals surface area (Å²) in [5.74, 6) is -0.716. The van der Waals surface area contributed by atoms with Gasteiger partial charge in [0.05, 0.1) is 17.5 Å². The third kappa shape index (κ3) is 5.44. The first kappa shape index (κ1) is 22.2. The number of carbonyl (C=O) groups excluding carboxylic acids is 3. The van der Waals surface area contributed by atoms with E-state index in [-0.39, 0.29) is 36.1 Å². The van der Waals surface area contributed by atoms with Crippen LogP contribution in [0.15, 0.2) is 79.1 Å². The number of hydrogen-bond acceptors (Lipinski definition) is 4. The van der Waals surface area contributed by atoms with Crippen molar-refractivity contribution in [1.29, 1.82) is 0 Å². The molecule has 7 nitrogen and oxygen atoms in total. The van der Waals surface area contributed by atoms with Crippen molar-refractivity contribution < 1.29 is 14.4 Å². The fourth-order valence-electron chi connectivity index (χ4n) is 3.93. The van der Waals surface area contributed by atoms with Crippen molar-refractivity contribution in [3.8, 4) is 0 Å². The number of nitrogens with zero attached hydrogens (tertiary/aromatic N) is 2. The summed E-state index contributed by atoms with van der Waals surface area (Å²) in [4.78, 5) is 43.1. The molecule has 168 valence electrons. The van der Waals surface area contributed by atoms with E-state index in [4.69, 9.17) is 0 Å². The van der Waals surface area contributed by atoms with Gasteiger partial charge in [-0.05, 0) is 42.3 Å². The number of nitrogens with one attached hydrogen (secondary N) is 2. The summed E-state index contributed by atoms with van der Waals surface area (Å²) in [5.41, 5.74) is 3.10. The molecule has 2 unspecified atom stereocenters. The highest BCUT2D eigenvalue weighted by Gasteiger charge is 2.36. The average molecular weight is 443 g/mol. The molecule has 1 saturated heterocycles. The summed E-state index contributed by atoms with van der Waals surface area (Å²) < 4.78 is 0. The number of aromatic nitrogens is 1. The summed E-state index contributed by atoms with van der Waals surface area (Å²) in [6.07, 6.45) is 3.35. The monoisotopic (exact) mass is 442 g/mol. The molecule has 1 aliphatic rings. The van der Waals surface area contributed by atoms with Gasteiger partial charge in [0.2, 0.25) is 11.8 Å². The van der Waals surface area contributed by atoms with E-state index in [1.54, 1.807) is 35.4 Å². The molecule has 3 amide bonds. The molecule has 1 fully saturated rings. The lowest BCUT2D eigenvalue weighted by molar-refractivity contribution is -0.130. The van der Waals surface area contributed by atoms with Gasteiger partial charge in [-0.25, -0.2) is 0 Å². The zero-order chi connectivity index (χ0) is 23.2. The van der Waals surface area contributed by atoms with E-state index in [0.29, 0.717) is 24.3 Å². The van der Waals surface area contributed by atoms with Gasteiger partial charge >= 0.3 is 0 Å². The molecule has 2 heterocycles. The molecule has 2 aromatic carbocycles. The fraction of sp³-hybridized carbons (Fsp3) is 0.231. The van der Waals surface area contributed by atoms with Crippen LogP contribution in [0.2, 0.25) is 0 Å². The third-order valence-electron chi connectivity index (χ3n) is 5.88. The van der Waals surface area contributed by atoms with Crippen molar-refractivity contribution in [1.82, 2.24) is 15.2 Å². The highest BCUT2D eigenvalue weighted by molar-refractivity contribution is 6.04. The molecule has 0 spiro atoms. The maximum atomic E-state index is 12.7. The van der Waals surface area contributed by atoms with Crippen LogP contribution in [0.5, 0.6) is 0 Å². The van der Waals surface area contributed by atoms with Gasteiger partial charge in [0, 0.05) is 37.6 Å². The Bertz CT molecular complexity index is 1120. The number of pyridine rings is 1. The van der Waals surface area contributed by atoms with Gasteiger partial charge in [-0.15, -0.1) is 0 Å². The Balaban J connectivity index is 1.28. The molecule has 0 radical (unpaired) electrons. The van der Waals surface area contributed by atoms with Crippen LogP contribution in [0.1, 0.15) is 40.9 Å². The van der Waals surface area contributed by atoms with Crippen molar-refractivity contribution in [2.75, 3.05) is 11.9 Å². The summed E-state index contributed by atoms with van der Waals surface area (Å²) in [5, 5.41) is 5.75. The van der Waals surface area contributed by atoms with E-state index >= 15 is 0 Å². The quantitative estimate of drug-likeness (QED) is 0.585. The van der Waals surface area contributed by atoms with E-state index < -0.39 is 0 Å². The molecule has 2 N–H and O–H groups in total. The molecule has 4 rings (SSSR count). The van der Waals surface area contributed by atoms with Gasteiger partial charge < -0.3 is 15.5 Å². The topological polar surface area (TPSA) is 91.4 Å². The lowest BCUT2D eigenvalue weighted by Gasteiger charge is -2.25. The molecule has 0 bridgehead atoms. The Labute approximate surface area is 192 Å². The molecule has 2 atom stereocenters. The van der Waals surface area contributed by atoms with Crippen LogP contribution in [0, 0.1) is 5.92 Å². The largest absolute Gasteiger partial charge is 0.352 e. The molecule has 1 aromatic heterocycles. The Morgan fingerprint density at radius 2 is 1.82 bits per heavy atom. The number of carbonyl (C=O) groups is 3. The molecule has 3 aromatic rings. The van der Waals surface area contributed by atoms with E-state index in [2.05, 4.69) is 15.6 Å². The lowest BCUT2D eigenvalue weighted by atomic mass is 10.1. The van der Waals surface area contributed by atoms with Crippen LogP contribution in [0.3, 0.4) is 0 Å². The summed E-state index contributed by atoms with van der Waals surface area (Å²) in [7, 11) is 0. The predicted octanol–water partition coefficient (Wildman–Crippen LogP) is 3.56. The molecule has 1 aliphatic heterocycles. The van der Waals surface area contributed by atoms with Crippen molar-refractivity contribution in [2.45, 2.75) is 25.9 Å². The highest BCUT2D eigenvalue weighted by atomic mass is 16.2. The molecule has 33 heavy (non-hydrogen) atoms. The first-order chi connectivity index (χ1) is 16.0. The number of likely N-dealkylation sites (tertiary alicyclic amines) is 1. The zero-order valence-corrected chi connectivity index (χ0v) is 18.4. The summed E-state index contributed by atoms with van der Waals surface area (Å²) in [6, 6.07) is 20.5. The molecule has 0 saturated carbocycles. The van der Waals surface area contributed by atoms with Crippen LogP contribution in [-0.2, 0) is 16.1 Å². The minimum absolute atomic E-state index is 0.000198. The van der Waals surface area contributed by atoms with Crippen LogP contribution < -0.4 is 10.6 Å². The highest BCUT2D eigenvalue weighted by Crippen LogP contribution is 2.28. The first-order valence-corrected chi connectivity index (χ1v) is 10.9. The van der Waals surface area contributed by atoms with Crippen LogP contribution in [0.25, 0.3) is 0 Å². The maximum absolute atomic E-state index is 12.7. The zero-order valence-electron chi connectivity index (χ0n) is 18.4. The fourth-order valence-corrected chi connectivity index (χ4v) is 3.93. The van der Waals surface area contributed by atoms with Crippen molar-refractivity contribution in [3.05, 3.63) is 95.8 Å². The van der Waals surface area contributed by atoms with Crippen LogP contribution in [0.4, 0.5) is 5.69 Å². The predicted molar refractivity (Wildman–Crippen MR) is 125 cm³/mol. The standard InChI is InChI=1S/C26H26N4O3/c1-18(20-6-3-2-4-7-20)30-17-22(14-24(30)31)25(32)28-15-19-9-11-23(12-10-19)29-26(33)21-8-5-13-27-16-21/h2-13,16,18,22H,14-15,17H2,1H3,(H,28,32)(H,29,33). The normalized spacial score (nSPS) is 16.3. The Morgan fingerprint density at radius 1 is 1.06 bits per heavy atom. The SMILES string of the molecule is CC(c1ccccc1)N1CC(C(=O)NCc2ccc(NC(=O)c3cccnc3)cc2)CC1=O. The van der Waals surface area contributed by atoms with E-state index in [0.717, 1.165) is 11.1 Å². The van der Waals surface area contributed by atoms with E-state index in [9.17, 15) is 14.4 Å². The van der Waals surface area contributed by atoms with Crippen molar-refractivity contribution in [2.24, 2.45) is 5.92 Å². The van der Waals surface area contributed by atoms with Gasteiger partial charge in [0.1, 0.15) is 0 Å². The number of rotatable bonds is 7. The van der Waals surface area contributed by atoms with Crippen molar-refractivity contribution >= 4 is 23.4 Å². The minimum Gasteiger partial charge on any atom is -0.352 e. The smallest absolute Gasteiger partial charge is 0.257 e. The van der Waals surface area contributed by atoms with E-state index in [1.165, 1.54) is 6.20 Å². The van der Waals surface area contributed by atoms with Crippen molar-refractivity contribution in [3.63, 3.8) is 0 Å². The second-order valence-electron chi connectivity index (χ2n) is 8.14. The Morgan fingerprint density at radius 3 is 2.52 bits per heavy atom. The average Bonchev–Trinajstić information content (AvgIpc) is 3.25. The molecule has 0 aliphatic carbocycles. The molecular formula is C26H26N4O3. The number of anilines is 1. The third-order valence-corrected chi connectivity index (χ3v) is 5.88. The minimum atomic E-state index is -0.360. The Hall–Kier alpha value is -4.00. The van der Waals surface area contributed by atoms with Gasteiger partial charge in [0.15, 0.2) is 0 Å². The number of amides is 3. The number of benzene rings is 2. The molecule has 7 heteroatoms. The second kappa shape index (κ2) is 10.1. The van der Waals surface area contributed by atoms with Gasteiger partial charge in [0.25, 0.3) is 5.91 Å². The van der Waals surface area contributed by atoms with Crippen LogP contribution >= 0.6 is 0 Å².